The van der Waals surface area contributed by atoms with Gasteiger partial charge in [-0.3, -0.25) is 4.79 Å². The maximum atomic E-state index is 12.2. The van der Waals surface area contributed by atoms with Crippen LogP contribution < -0.4 is 4.74 Å². The number of hydrogen-bond donors (Lipinski definition) is 0. The zero-order valence-electron chi connectivity index (χ0n) is 13.1. The number of amides is 1. The number of hydrogen-bond acceptors (Lipinski definition) is 3. The van der Waals surface area contributed by atoms with E-state index in [2.05, 4.69) is 4.98 Å². The van der Waals surface area contributed by atoms with Crippen molar-refractivity contribution in [2.24, 2.45) is 0 Å². The first-order chi connectivity index (χ1) is 11.3. The molecule has 4 nitrogen and oxygen atoms in total. The lowest BCUT2D eigenvalue weighted by Gasteiger charge is -2.18. The summed E-state index contributed by atoms with van der Waals surface area (Å²) in [6.07, 6.45) is -4.03. The second-order valence-electron chi connectivity index (χ2n) is 5.25. The van der Waals surface area contributed by atoms with E-state index in [4.69, 9.17) is 4.74 Å². The molecule has 24 heavy (non-hydrogen) atoms. The summed E-state index contributed by atoms with van der Waals surface area (Å²) in [5, 5.41) is 0. The van der Waals surface area contributed by atoms with E-state index in [1.807, 2.05) is 30.3 Å². The van der Waals surface area contributed by atoms with Gasteiger partial charge in [0, 0.05) is 25.9 Å². The minimum absolute atomic E-state index is 0.215. The smallest absolute Gasteiger partial charge is 0.390 e. The molecule has 0 saturated carbocycles. The molecule has 0 aliphatic heterocycles. The van der Waals surface area contributed by atoms with Crippen LogP contribution in [0, 0.1) is 0 Å². The summed E-state index contributed by atoms with van der Waals surface area (Å²) in [5.74, 6) is -0.172. The maximum absolute atomic E-state index is 12.2. The molecule has 0 saturated heterocycles. The van der Waals surface area contributed by atoms with E-state index in [1.54, 1.807) is 0 Å². The third-order valence-electron chi connectivity index (χ3n) is 3.29. The van der Waals surface area contributed by atoms with Gasteiger partial charge in [-0.05, 0) is 11.6 Å². The molecule has 1 aromatic carbocycles. The molecular weight excluding hydrogens is 321 g/mol. The highest BCUT2D eigenvalue weighted by molar-refractivity contribution is 5.93. The zero-order valence-corrected chi connectivity index (χ0v) is 13.1. The highest BCUT2D eigenvalue weighted by Crippen LogP contribution is 2.20. The lowest BCUT2D eigenvalue weighted by molar-refractivity contribution is -0.136. The van der Waals surface area contributed by atoms with Crippen molar-refractivity contribution in [3.05, 3.63) is 59.8 Å². The molecule has 7 heteroatoms. The largest absolute Gasteiger partial charge is 0.473 e. The van der Waals surface area contributed by atoms with Crippen LogP contribution >= 0.6 is 0 Å². The molecule has 1 aromatic heterocycles. The second kappa shape index (κ2) is 7.81. The summed E-state index contributed by atoms with van der Waals surface area (Å²) < 4.78 is 42.1. The first kappa shape index (κ1) is 17.8. The number of halogens is 3. The third-order valence-corrected chi connectivity index (χ3v) is 3.29. The number of carbonyl (C=O) groups is 1. The minimum Gasteiger partial charge on any atom is -0.473 e. The van der Waals surface area contributed by atoms with Gasteiger partial charge in [0.2, 0.25) is 5.88 Å². The van der Waals surface area contributed by atoms with Crippen molar-refractivity contribution in [2.75, 3.05) is 13.6 Å². The summed E-state index contributed by atoms with van der Waals surface area (Å²) in [6, 6.07) is 12.5. The number of ether oxygens (including phenoxy) is 1. The molecule has 0 spiro atoms. The van der Waals surface area contributed by atoms with Gasteiger partial charge in [0.1, 0.15) is 6.61 Å². The van der Waals surface area contributed by atoms with E-state index in [9.17, 15) is 18.0 Å². The van der Waals surface area contributed by atoms with Gasteiger partial charge in [-0.25, -0.2) is 4.98 Å². The molecule has 0 aliphatic rings. The summed E-state index contributed by atoms with van der Waals surface area (Å²) in [6.45, 7) is -0.0544. The third kappa shape index (κ3) is 5.57. The number of nitrogens with zero attached hydrogens (tertiary/aromatic N) is 2. The standard InChI is InChI=1S/C17H17F3N2O2/c1-22(10-9-17(18,19)20)16(23)14-7-8-15(21-11-14)24-12-13-5-3-2-4-6-13/h2-8,11H,9-10,12H2,1H3. The van der Waals surface area contributed by atoms with E-state index in [0.717, 1.165) is 10.5 Å². The quantitative estimate of drug-likeness (QED) is 0.807. The summed E-state index contributed by atoms with van der Waals surface area (Å²) in [7, 11) is 1.33. The van der Waals surface area contributed by atoms with E-state index in [0.29, 0.717) is 12.5 Å². The Balaban J connectivity index is 1.90. The predicted octanol–water partition coefficient (Wildman–Crippen LogP) is 3.69. The SMILES string of the molecule is CN(CCC(F)(F)F)C(=O)c1ccc(OCc2ccccc2)nc1. The van der Waals surface area contributed by atoms with Crippen LogP contribution in [0.5, 0.6) is 5.88 Å². The van der Waals surface area contributed by atoms with Gasteiger partial charge in [-0.1, -0.05) is 30.3 Å². The monoisotopic (exact) mass is 338 g/mol. The number of benzene rings is 1. The normalized spacial score (nSPS) is 11.2. The van der Waals surface area contributed by atoms with Crippen LogP contribution in [0.4, 0.5) is 13.2 Å². The Morgan fingerprint density at radius 1 is 1.17 bits per heavy atom. The fraction of sp³-hybridized carbons (Fsp3) is 0.294. The maximum Gasteiger partial charge on any atom is 0.390 e. The van der Waals surface area contributed by atoms with Gasteiger partial charge in [0.05, 0.1) is 12.0 Å². The van der Waals surface area contributed by atoms with Crippen molar-refractivity contribution >= 4 is 5.91 Å². The van der Waals surface area contributed by atoms with Gasteiger partial charge in [0.15, 0.2) is 0 Å². The molecule has 0 bridgehead atoms. The molecule has 2 aromatic rings. The summed E-state index contributed by atoms with van der Waals surface area (Å²) in [4.78, 5) is 17.1. The van der Waals surface area contributed by atoms with Crippen molar-refractivity contribution in [2.45, 2.75) is 19.2 Å². The Morgan fingerprint density at radius 3 is 2.46 bits per heavy atom. The van der Waals surface area contributed by atoms with Gasteiger partial charge in [-0.2, -0.15) is 13.2 Å². The van der Waals surface area contributed by atoms with Crippen LogP contribution in [0.1, 0.15) is 22.3 Å². The van der Waals surface area contributed by atoms with Gasteiger partial charge >= 0.3 is 6.18 Å². The highest BCUT2D eigenvalue weighted by Gasteiger charge is 2.28. The lowest BCUT2D eigenvalue weighted by atomic mass is 10.2. The fourth-order valence-corrected chi connectivity index (χ4v) is 1.94. The van der Waals surface area contributed by atoms with E-state index >= 15 is 0 Å². The summed E-state index contributed by atoms with van der Waals surface area (Å²) in [5.41, 5.74) is 1.19. The zero-order chi connectivity index (χ0) is 17.6. The highest BCUT2D eigenvalue weighted by atomic mass is 19.4. The van der Waals surface area contributed by atoms with Crippen LogP contribution in [0.25, 0.3) is 0 Å². The van der Waals surface area contributed by atoms with Gasteiger partial charge in [-0.15, -0.1) is 0 Å². The number of rotatable bonds is 6. The Hall–Kier alpha value is -2.57. The van der Waals surface area contributed by atoms with E-state index < -0.39 is 25.0 Å². The average molecular weight is 338 g/mol. The molecule has 0 radical (unpaired) electrons. The van der Waals surface area contributed by atoms with Crippen LogP contribution in [0.3, 0.4) is 0 Å². The van der Waals surface area contributed by atoms with E-state index in [1.165, 1.54) is 25.4 Å². The molecule has 0 aliphatic carbocycles. The molecule has 0 N–H and O–H groups in total. The van der Waals surface area contributed by atoms with Crippen molar-refractivity contribution in [1.29, 1.82) is 0 Å². The molecule has 128 valence electrons. The van der Waals surface area contributed by atoms with Gasteiger partial charge in [0.25, 0.3) is 5.91 Å². The van der Waals surface area contributed by atoms with E-state index in [-0.39, 0.29) is 5.56 Å². The molecule has 0 atom stereocenters. The predicted molar refractivity (Wildman–Crippen MR) is 82.6 cm³/mol. The number of alkyl halides is 3. The molecular formula is C17H17F3N2O2. The van der Waals surface area contributed by atoms with Crippen LogP contribution in [0.15, 0.2) is 48.7 Å². The van der Waals surface area contributed by atoms with Crippen molar-refractivity contribution < 1.29 is 22.7 Å². The lowest BCUT2D eigenvalue weighted by Crippen LogP contribution is -2.30. The van der Waals surface area contributed by atoms with Crippen molar-refractivity contribution in [3.8, 4) is 5.88 Å². The molecule has 1 heterocycles. The molecule has 0 unspecified atom stereocenters. The fourth-order valence-electron chi connectivity index (χ4n) is 1.94. The molecule has 0 fully saturated rings. The van der Waals surface area contributed by atoms with Crippen LogP contribution in [-0.2, 0) is 6.61 Å². The first-order valence-electron chi connectivity index (χ1n) is 7.30. The Morgan fingerprint density at radius 2 is 1.88 bits per heavy atom. The number of aromatic nitrogens is 1. The topological polar surface area (TPSA) is 42.4 Å². The minimum atomic E-state index is -4.29. The van der Waals surface area contributed by atoms with Crippen molar-refractivity contribution in [3.63, 3.8) is 0 Å². The molecule has 1 amide bonds. The Bertz CT molecular complexity index is 658. The Labute approximate surface area is 137 Å². The molecule has 2 rings (SSSR count). The summed E-state index contributed by atoms with van der Waals surface area (Å²) >= 11 is 0. The number of pyridine rings is 1. The van der Waals surface area contributed by atoms with Gasteiger partial charge < -0.3 is 9.64 Å². The first-order valence-corrected chi connectivity index (χ1v) is 7.30. The average Bonchev–Trinajstić information content (AvgIpc) is 2.58. The second-order valence-corrected chi connectivity index (χ2v) is 5.25. The Kier molecular flexibility index (Phi) is 5.78. The van der Waals surface area contributed by atoms with Crippen molar-refractivity contribution in [1.82, 2.24) is 9.88 Å². The van der Waals surface area contributed by atoms with Crippen LogP contribution in [0.2, 0.25) is 0 Å². The van der Waals surface area contributed by atoms with Crippen LogP contribution in [-0.4, -0.2) is 35.6 Å². The number of carbonyl (C=O) groups excluding carboxylic acids is 1.